The molecule has 1 aromatic rings. The lowest BCUT2D eigenvalue weighted by molar-refractivity contribution is 0.180. The lowest BCUT2D eigenvalue weighted by Crippen LogP contribution is -2.41. The Labute approximate surface area is 193 Å². The number of methoxy groups -OCH3 is 1. The van der Waals surface area contributed by atoms with Crippen LogP contribution in [0.5, 0.6) is 0 Å². The van der Waals surface area contributed by atoms with Crippen molar-refractivity contribution < 1.29 is 4.74 Å². The zero-order valence-corrected chi connectivity index (χ0v) is 20.8. The van der Waals surface area contributed by atoms with Gasteiger partial charge in [0, 0.05) is 65.8 Å². The largest absolute Gasteiger partial charge is 0.385 e. The molecule has 0 radical (unpaired) electrons. The van der Waals surface area contributed by atoms with Gasteiger partial charge in [0.25, 0.3) is 0 Å². The smallest absolute Gasteiger partial charge is 0.191 e. The monoisotopic (exact) mass is 521 g/mol. The maximum Gasteiger partial charge on any atom is 0.191 e. The first-order valence-corrected chi connectivity index (χ1v) is 10.8. The number of hydrogen-bond acceptors (Lipinski definition) is 5. The molecule has 0 bridgehead atoms. The van der Waals surface area contributed by atoms with Gasteiger partial charge in [-0.1, -0.05) is 6.42 Å². The maximum atomic E-state index is 5.10. The molecule has 1 aliphatic rings. The quantitative estimate of drug-likeness (QED) is 0.190. The number of aliphatic imine (C=N–C) groups is 1. The second-order valence-electron chi connectivity index (χ2n) is 7.44. The van der Waals surface area contributed by atoms with Crippen LogP contribution in [0.15, 0.2) is 4.99 Å². The zero-order valence-electron chi connectivity index (χ0n) is 18.5. The minimum atomic E-state index is 0. The number of guanidine groups is 1. The van der Waals surface area contributed by atoms with E-state index in [0.29, 0.717) is 0 Å². The highest BCUT2D eigenvalue weighted by molar-refractivity contribution is 14.0. The average molecular weight is 521 g/mol. The third-order valence-electron chi connectivity index (χ3n) is 5.03. The van der Waals surface area contributed by atoms with Crippen LogP contribution in [0.25, 0.3) is 0 Å². The molecule has 1 aliphatic heterocycles. The summed E-state index contributed by atoms with van der Waals surface area (Å²) in [5.74, 6) is 3.19. The number of rotatable bonds is 12. The normalized spacial score (nSPS) is 14.3. The van der Waals surface area contributed by atoms with Crippen molar-refractivity contribution >= 4 is 29.9 Å². The predicted molar refractivity (Wildman–Crippen MR) is 129 cm³/mol. The number of halogens is 1. The summed E-state index contributed by atoms with van der Waals surface area (Å²) in [5.41, 5.74) is 0. The number of hydrogen-bond donors (Lipinski definition) is 2. The van der Waals surface area contributed by atoms with Crippen molar-refractivity contribution in [3.63, 3.8) is 0 Å². The van der Waals surface area contributed by atoms with E-state index in [-0.39, 0.29) is 24.0 Å². The van der Waals surface area contributed by atoms with Crippen molar-refractivity contribution in [1.29, 1.82) is 0 Å². The Kier molecular flexibility index (Phi) is 14.3. The van der Waals surface area contributed by atoms with E-state index in [1.165, 1.54) is 25.1 Å². The highest BCUT2D eigenvalue weighted by Gasteiger charge is 2.14. The number of nitrogens with zero attached hydrogens (tertiary/aromatic N) is 5. The topological polar surface area (TPSA) is 79.6 Å². The van der Waals surface area contributed by atoms with Gasteiger partial charge in [-0.05, 0) is 39.7 Å². The molecule has 0 unspecified atom stereocenters. The SMILES string of the molecule is CCNC(=NCCCc1nnc2n1CCCCC2)NCCN(C)CCCOC.I. The van der Waals surface area contributed by atoms with Crippen molar-refractivity contribution in [2.24, 2.45) is 4.99 Å². The molecule has 2 rings (SSSR count). The minimum Gasteiger partial charge on any atom is -0.385 e. The molecule has 0 atom stereocenters. The molecule has 168 valence electrons. The van der Waals surface area contributed by atoms with E-state index < -0.39 is 0 Å². The van der Waals surface area contributed by atoms with Gasteiger partial charge in [0.15, 0.2) is 5.96 Å². The van der Waals surface area contributed by atoms with Crippen LogP contribution in [-0.4, -0.2) is 79.1 Å². The van der Waals surface area contributed by atoms with E-state index in [0.717, 1.165) is 83.3 Å². The molecule has 0 fully saturated rings. The lowest BCUT2D eigenvalue weighted by atomic mass is 10.2. The Balaban J connectivity index is 0.00000420. The molecule has 2 N–H and O–H groups in total. The van der Waals surface area contributed by atoms with Gasteiger partial charge in [-0.25, -0.2) is 0 Å². The lowest BCUT2D eigenvalue weighted by Gasteiger charge is -2.18. The molecule has 0 amide bonds. The highest BCUT2D eigenvalue weighted by Crippen LogP contribution is 2.15. The average Bonchev–Trinajstić information content (AvgIpc) is 2.91. The molecule has 0 saturated carbocycles. The number of ether oxygens (including phenoxy) is 1. The van der Waals surface area contributed by atoms with Gasteiger partial charge in [-0.2, -0.15) is 0 Å². The summed E-state index contributed by atoms with van der Waals surface area (Å²) in [4.78, 5) is 7.03. The van der Waals surface area contributed by atoms with E-state index in [4.69, 9.17) is 9.73 Å². The predicted octanol–water partition coefficient (Wildman–Crippen LogP) is 2.08. The van der Waals surface area contributed by atoms with Crippen LogP contribution in [0, 0.1) is 0 Å². The fourth-order valence-corrected chi connectivity index (χ4v) is 3.46. The van der Waals surface area contributed by atoms with E-state index in [1.54, 1.807) is 7.11 Å². The van der Waals surface area contributed by atoms with Crippen LogP contribution in [-0.2, 0) is 24.1 Å². The zero-order chi connectivity index (χ0) is 20.0. The molecule has 29 heavy (non-hydrogen) atoms. The molecule has 8 nitrogen and oxygen atoms in total. The Bertz CT molecular complexity index is 579. The third kappa shape index (κ3) is 10.1. The number of likely N-dealkylation sites (N-methyl/N-ethyl adjacent to an activating group) is 1. The summed E-state index contributed by atoms with van der Waals surface area (Å²) in [5, 5.41) is 15.5. The molecule has 0 saturated heterocycles. The van der Waals surface area contributed by atoms with Gasteiger partial charge in [0.1, 0.15) is 11.6 Å². The number of aromatic nitrogens is 3. The summed E-state index contributed by atoms with van der Waals surface area (Å²) < 4.78 is 7.44. The fourth-order valence-electron chi connectivity index (χ4n) is 3.46. The second kappa shape index (κ2) is 15.8. The van der Waals surface area contributed by atoms with Gasteiger partial charge in [0.05, 0.1) is 0 Å². The van der Waals surface area contributed by atoms with Gasteiger partial charge < -0.3 is 24.8 Å². The molecule has 0 aromatic carbocycles. The molecular weight excluding hydrogens is 481 g/mol. The van der Waals surface area contributed by atoms with Crippen LogP contribution in [0.3, 0.4) is 0 Å². The maximum absolute atomic E-state index is 5.10. The first-order chi connectivity index (χ1) is 13.7. The van der Waals surface area contributed by atoms with Gasteiger partial charge in [0.2, 0.25) is 0 Å². The van der Waals surface area contributed by atoms with E-state index in [9.17, 15) is 0 Å². The van der Waals surface area contributed by atoms with E-state index in [1.807, 2.05) is 0 Å². The van der Waals surface area contributed by atoms with E-state index in [2.05, 4.69) is 44.3 Å². The Morgan fingerprint density at radius 3 is 2.83 bits per heavy atom. The van der Waals surface area contributed by atoms with E-state index >= 15 is 0 Å². The van der Waals surface area contributed by atoms with Crippen LogP contribution in [0.2, 0.25) is 0 Å². The number of nitrogens with one attached hydrogen (secondary N) is 2. The van der Waals surface area contributed by atoms with Crippen LogP contribution < -0.4 is 10.6 Å². The highest BCUT2D eigenvalue weighted by atomic mass is 127. The van der Waals surface area contributed by atoms with Crippen LogP contribution >= 0.6 is 24.0 Å². The summed E-state index contributed by atoms with van der Waals surface area (Å²) in [6.45, 7) is 8.56. The molecule has 1 aromatic heterocycles. The van der Waals surface area contributed by atoms with Gasteiger partial charge >= 0.3 is 0 Å². The first kappa shape index (κ1) is 26.1. The third-order valence-corrected chi connectivity index (χ3v) is 5.03. The summed E-state index contributed by atoms with van der Waals surface area (Å²) >= 11 is 0. The van der Waals surface area contributed by atoms with Gasteiger partial charge in [-0.3, -0.25) is 4.99 Å². The van der Waals surface area contributed by atoms with Crippen LogP contribution in [0.1, 0.15) is 50.7 Å². The van der Waals surface area contributed by atoms with Crippen molar-refractivity contribution in [3.8, 4) is 0 Å². The fraction of sp³-hybridized carbons (Fsp3) is 0.850. The van der Waals surface area contributed by atoms with Gasteiger partial charge in [-0.15, -0.1) is 34.2 Å². The molecule has 2 heterocycles. The second-order valence-corrected chi connectivity index (χ2v) is 7.44. The van der Waals surface area contributed by atoms with Crippen LogP contribution in [0.4, 0.5) is 0 Å². The van der Waals surface area contributed by atoms with Crippen molar-refractivity contribution in [2.45, 2.75) is 58.4 Å². The summed E-state index contributed by atoms with van der Waals surface area (Å²) in [6.07, 6.45) is 7.84. The Morgan fingerprint density at radius 1 is 1.17 bits per heavy atom. The first-order valence-electron chi connectivity index (χ1n) is 10.8. The van der Waals surface area contributed by atoms with Crippen molar-refractivity contribution in [3.05, 3.63) is 11.6 Å². The summed E-state index contributed by atoms with van der Waals surface area (Å²) in [7, 11) is 3.89. The molecule has 0 spiro atoms. The minimum absolute atomic E-state index is 0. The molecule has 0 aliphatic carbocycles. The number of fused-ring (bicyclic) bond motifs is 1. The van der Waals surface area contributed by atoms with Crippen molar-refractivity contribution in [2.75, 3.05) is 53.5 Å². The molecule has 9 heteroatoms. The Hall–Kier alpha value is -0.940. The van der Waals surface area contributed by atoms with Crippen molar-refractivity contribution in [1.82, 2.24) is 30.3 Å². The summed E-state index contributed by atoms with van der Waals surface area (Å²) in [6, 6.07) is 0. The number of aryl methyl sites for hydroxylation is 2. The molecular formula is C20H40IN7O. The standard InChI is InChI=1S/C20H39N7O.HI/c1-4-21-20(23-13-16-26(2)14-9-17-28-3)22-12-8-11-19-25-24-18-10-6-5-7-15-27(18)19;/h4-17H2,1-3H3,(H2,21,22,23);1H. The Morgan fingerprint density at radius 2 is 2.03 bits per heavy atom.